The molecule has 1 unspecified atom stereocenters. The highest BCUT2D eigenvalue weighted by Crippen LogP contribution is 2.40. The van der Waals surface area contributed by atoms with Crippen LogP contribution in [0.15, 0.2) is 24.3 Å². The summed E-state index contributed by atoms with van der Waals surface area (Å²) in [4.78, 5) is 51.4. The number of rotatable bonds is 5. The van der Waals surface area contributed by atoms with Gasteiger partial charge in [-0.25, -0.2) is 0 Å². The highest BCUT2D eigenvalue weighted by atomic mass is 16.5. The van der Waals surface area contributed by atoms with Gasteiger partial charge >= 0.3 is 5.97 Å². The van der Waals surface area contributed by atoms with Gasteiger partial charge in [-0.2, -0.15) is 0 Å². The molecule has 1 atom stereocenters. The predicted molar refractivity (Wildman–Crippen MR) is 106 cm³/mol. The SMILES string of the molecule is CCC(C)C(=O)Oc1c(C(C)=O)c(C)cc2c1C(=O)c1c(OC)cccc1C2=O. The van der Waals surface area contributed by atoms with Gasteiger partial charge in [-0.3, -0.25) is 19.2 Å². The van der Waals surface area contributed by atoms with Crippen LogP contribution in [0.1, 0.15) is 75.0 Å². The molecule has 0 aliphatic heterocycles. The number of benzene rings is 2. The Kier molecular flexibility index (Phi) is 5.38. The number of fused-ring (bicyclic) bond motifs is 2. The summed E-state index contributed by atoms with van der Waals surface area (Å²) in [6.07, 6.45) is 0.534. The van der Waals surface area contributed by atoms with Crippen molar-refractivity contribution in [1.29, 1.82) is 0 Å². The monoisotopic (exact) mass is 394 g/mol. The molecule has 6 heteroatoms. The normalized spacial score (nSPS) is 13.4. The van der Waals surface area contributed by atoms with Crippen molar-refractivity contribution in [3.05, 3.63) is 57.6 Å². The van der Waals surface area contributed by atoms with Crippen molar-refractivity contribution in [1.82, 2.24) is 0 Å². The number of hydrogen-bond donors (Lipinski definition) is 0. The fourth-order valence-corrected chi connectivity index (χ4v) is 3.49. The third-order valence-electron chi connectivity index (χ3n) is 5.24. The number of esters is 1. The Labute approximate surface area is 168 Å². The minimum absolute atomic E-state index is 0.0700. The minimum Gasteiger partial charge on any atom is -0.496 e. The topological polar surface area (TPSA) is 86.7 Å². The maximum atomic E-state index is 13.4. The van der Waals surface area contributed by atoms with Crippen molar-refractivity contribution in [3.63, 3.8) is 0 Å². The molecule has 29 heavy (non-hydrogen) atoms. The summed E-state index contributed by atoms with van der Waals surface area (Å²) in [6.45, 7) is 6.51. The number of carbonyl (C=O) groups is 4. The number of Topliss-reactive ketones (excluding diaryl/α,β-unsaturated/α-hetero) is 1. The van der Waals surface area contributed by atoms with Crippen LogP contribution in [0.4, 0.5) is 0 Å². The molecule has 0 bridgehead atoms. The molecular formula is C23H22O6. The van der Waals surface area contributed by atoms with Gasteiger partial charge in [0.15, 0.2) is 17.3 Å². The maximum Gasteiger partial charge on any atom is 0.314 e. The fourth-order valence-electron chi connectivity index (χ4n) is 3.49. The number of aryl methyl sites for hydroxylation is 1. The zero-order chi connectivity index (χ0) is 21.5. The smallest absolute Gasteiger partial charge is 0.314 e. The molecule has 0 heterocycles. The number of ether oxygens (including phenoxy) is 2. The summed E-state index contributed by atoms with van der Waals surface area (Å²) in [5, 5.41) is 0. The average Bonchev–Trinajstić information content (AvgIpc) is 2.69. The predicted octanol–water partition coefficient (Wildman–Crippen LogP) is 3.93. The maximum absolute atomic E-state index is 13.4. The van der Waals surface area contributed by atoms with E-state index in [4.69, 9.17) is 9.47 Å². The van der Waals surface area contributed by atoms with Crippen molar-refractivity contribution < 1.29 is 28.7 Å². The molecule has 0 amide bonds. The molecule has 150 valence electrons. The second-order valence-corrected chi connectivity index (χ2v) is 7.15. The van der Waals surface area contributed by atoms with Crippen LogP contribution in [0.5, 0.6) is 11.5 Å². The van der Waals surface area contributed by atoms with Crippen molar-refractivity contribution in [2.75, 3.05) is 7.11 Å². The summed E-state index contributed by atoms with van der Waals surface area (Å²) in [5.41, 5.74) is 0.961. The van der Waals surface area contributed by atoms with E-state index in [0.717, 1.165) is 0 Å². The lowest BCUT2D eigenvalue weighted by Gasteiger charge is -2.24. The van der Waals surface area contributed by atoms with E-state index < -0.39 is 17.7 Å². The lowest BCUT2D eigenvalue weighted by Crippen LogP contribution is -2.26. The molecule has 0 saturated carbocycles. The van der Waals surface area contributed by atoms with Crippen molar-refractivity contribution >= 4 is 23.3 Å². The van der Waals surface area contributed by atoms with Gasteiger partial charge in [0.25, 0.3) is 0 Å². The first-order chi connectivity index (χ1) is 13.7. The standard InChI is InChI=1S/C23H22O6/c1-6-11(2)23(27)29-22-17(13(4)24)12(3)10-15-19(22)21(26)18-14(20(15)25)8-7-9-16(18)28-5/h7-11H,6H2,1-5H3. The van der Waals surface area contributed by atoms with Gasteiger partial charge in [-0.1, -0.05) is 26.0 Å². The van der Waals surface area contributed by atoms with Gasteiger partial charge in [0, 0.05) is 11.1 Å². The zero-order valence-electron chi connectivity index (χ0n) is 17.0. The van der Waals surface area contributed by atoms with Gasteiger partial charge in [0.2, 0.25) is 5.78 Å². The van der Waals surface area contributed by atoms with Crippen LogP contribution < -0.4 is 9.47 Å². The summed E-state index contributed by atoms with van der Waals surface area (Å²) >= 11 is 0. The second-order valence-electron chi connectivity index (χ2n) is 7.15. The zero-order valence-corrected chi connectivity index (χ0v) is 17.0. The lowest BCUT2D eigenvalue weighted by atomic mass is 9.80. The van der Waals surface area contributed by atoms with E-state index in [2.05, 4.69) is 0 Å². The molecule has 0 saturated heterocycles. The second kappa shape index (κ2) is 7.62. The minimum atomic E-state index is -0.561. The van der Waals surface area contributed by atoms with Crippen LogP contribution in [0.3, 0.4) is 0 Å². The third-order valence-corrected chi connectivity index (χ3v) is 5.24. The molecule has 6 nitrogen and oxygen atoms in total. The van der Waals surface area contributed by atoms with E-state index in [1.807, 2.05) is 6.92 Å². The van der Waals surface area contributed by atoms with Crippen LogP contribution in [-0.2, 0) is 4.79 Å². The van der Waals surface area contributed by atoms with Crippen LogP contribution in [0, 0.1) is 12.8 Å². The molecule has 1 aliphatic carbocycles. The van der Waals surface area contributed by atoms with Gasteiger partial charge in [-0.05, 0) is 38.0 Å². The third kappa shape index (κ3) is 3.24. The summed E-state index contributed by atoms with van der Waals surface area (Å²) in [5.74, 6) is -2.14. The van der Waals surface area contributed by atoms with E-state index in [0.29, 0.717) is 12.0 Å². The molecule has 0 radical (unpaired) electrons. The first kappa shape index (κ1) is 20.5. The van der Waals surface area contributed by atoms with E-state index in [-0.39, 0.29) is 50.9 Å². The Balaban J connectivity index is 2.34. The summed E-state index contributed by atoms with van der Waals surface area (Å²) in [6, 6.07) is 6.28. The lowest BCUT2D eigenvalue weighted by molar-refractivity contribution is -0.138. The molecule has 0 fully saturated rings. The van der Waals surface area contributed by atoms with E-state index in [1.54, 1.807) is 32.0 Å². The Morgan fingerprint density at radius 1 is 1.07 bits per heavy atom. The van der Waals surface area contributed by atoms with Gasteiger partial charge in [-0.15, -0.1) is 0 Å². The highest BCUT2D eigenvalue weighted by molar-refractivity contribution is 6.31. The first-order valence-corrected chi connectivity index (χ1v) is 9.39. The van der Waals surface area contributed by atoms with E-state index in [1.165, 1.54) is 20.1 Å². The quantitative estimate of drug-likeness (QED) is 0.370. The fraction of sp³-hybridized carbons (Fsp3) is 0.304. The highest BCUT2D eigenvalue weighted by Gasteiger charge is 2.38. The average molecular weight is 394 g/mol. The van der Waals surface area contributed by atoms with E-state index in [9.17, 15) is 19.2 Å². The number of ketones is 3. The molecular weight excluding hydrogens is 372 g/mol. The molecule has 0 spiro atoms. The number of methoxy groups -OCH3 is 1. The van der Waals surface area contributed by atoms with Crippen LogP contribution in [0.25, 0.3) is 0 Å². The van der Waals surface area contributed by atoms with Crippen LogP contribution in [0.2, 0.25) is 0 Å². The van der Waals surface area contributed by atoms with Crippen LogP contribution >= 0.6 is 0 Å². The Morgan fingerprint density at radius 2 is 1.76 bits per heavy atom. The summed E-state index contributed by atoms with van der Waals surface area (Å²) in [7, 11) is 1.41. The first-order valence-electron chi connectivity index (χ1n) is 9.39. The van der Waals surface area contributed by atoms with E-state index >= 15 is 0 Å². The molecule has 3 rings (SSSR count). The van der Waals surface area contributed by atoms with Crippen molar-refractivity contribution in [2.45, 2.75) is 34.1 Å². The largest absolute Gasteiger partial charge is 0.496 e. The molecule has 2 aromatic rings. The number of hydrogen-bond acceptors (Lipinski definition) is 6. The van der Waals surface area contributed by atoms with Crippen molar-refractivity contribution in [3.8, 4) is 11.5 Å². The Hall–Kier alpha value is -3.28. The Bertz CT molecular complexity index is 1060. The summed E-state index contributed by atoms with van der Waals surface area (Å²) < 4.78 is 10.8. The molecule has 0 aromatic heterocycles. The van der Waals surface area contributed by atoms with Gasteiger partial charge < -0.3 is 9.47 Å². The van der Waals surface area contributed by atoms with Gasteiger partial charge in [0.05, 0.1) is 29.7 Å². The van der Waals surface area contributed by atoms with Gasteiger partial charge in [0.1, 0.15) is 5.75 Å². The van der Waals surface area contributed by atoms with Crippen LogP contribution in [-0.4, -0.2) is 30.4 Å². The molecule has 2 aromatic carbocycles. The molecule has 0 N–H and O–H groups in total. The molecule has 1 aliphatic rings. The van der Waals surface area contributed by atoms with Crippen molar-refractivity contribution in [2.24, 2.45) is 5.92 Å². The Morgan fingerprint density at radius 3 is 2.34 bits per heavy atom. The number of carbonyl (C=O) groups excluding carboxylic acids is 4.